The van der Waals surface area contributed by atoms with Crippen molar-refractivity contribution in [1.82, 2.24) is 4.90 Å². The van der Waals surface area contributed by atoms with Gasteiger partial charge in [-0.1, -0.05) is 38.7 Å². The molecule has 2 fully saturated rings. The lowest BCUT2D eigenvalue weighted by molar-refractivity contribution is -0.396. The summed E-state index contributed by atoms with van der Waals surface area (Å²) in [6.07, 6.45) is -3.67. The van der Waals surface area contributed by atoms with Crippen LogP contribution < -0.4 is 0 Å². The van der Waals surface area contributed by atoms with Crippen LogP contribution in [0.3, 0.4) is 0 Å². The van der Waals surface area contributed by atoms with Crippen molar-refractivity contribution in [2.24, 2.45) is 23.2 Å². The summed E-state index contributed by atoms with van der Waals surface area (Å²) in [7, 11) is 1.87. The second-order valence-electron chi connectivity index (χ2n) is 14.5. The van der Waals surface area contributed by atoms with Gasteiger partial charge in [-0.05, 0) is 118 Å². The second kappa shape index (κ2) is 14.2. The highest BCUT2D eigenvalue weighted by Crippen LogP contribution is 2.63. The van der Waals surface area contributed by atoms with Crippen LogP contribution in [0.4, 0.5) is 43.9 Å². The Kier molecular flexibility index (Phi) is 11.5. The summed E-state index contributed by atoms with van der Waals surface area (Å²) in [6, 6.07) is 5.25. The van der Waals surface area contributed by atoms with E-state index in [-0.39, 0.29) is 35.8 Å². The van der Waals surface area contributed by atoms with Crippen LogP contribution >= 0.6 is 0 Å². The topological polar surface area (TPSA) is 43.7 Å². The molecule has 1 aromatic carbocycles. The smallest absolute Gasteiger partial charge is 0.460 e. The molecule has 0 bridgehead atoms. The van der Waals surface area contributed by atoms with E-state index >= 15 is 4.39 Å². The van der Waals surface area contributed by atoms with E-state index in [0.29, 0.717) is 32.2 Å². The van der Waals surface area contributed by atoms with Gasteiger partial charge in [-0.3, -0.25) is 0 Å². The van der Waals surface area contributed by atoms with Crippen molar-refractivity contribution in [2.45, 2.75) is 133 Å². The highest BCUT2D eigenvalue weighted by atomic mass is 19.4. The number of hydrogen-bond donors (Lipinski definition) is 2. The number of rotatable bonds is 15. The molecule has 1 unspecified atom stereocenters. The number of alkyl halides is 10. The van der Waals surface area contributed by atoms with Crippen LogP contribution in [0.1, 0.15) is 101 Å². The zero-order valence-electron chi connectivity index (χ0n) is 26.9. The Morgan fingerprint density at radius 1 is 0.851 bits per heavy atom. The van der Waals surface area contributed by atoms with Crippen LogP contribution in [-0.2, 0) is 6.42 Å². The summed E-state index contributed by atoms with van der Waals surface area (Å²) >= 11 is 0. The molecule has 0 saturated heterocycles. The molecule has 3 aliphatic carbocycles. The molecular weight excluding hydrogens is 644 g/mol. The average molecular weight is 692 g/mol. The Balaban J connectivity index is 1.19. The van der Waals surface area contributed by atoms with Gasteiger partial charge in [-0.25, -0.2) is 4.39 Å². The standard InChI is InChI=1S/C34H47F10NO2/c1-30-20-26(35)29-24-12-11-23(46)19-22(24)18-21(28(29)25(30)13-14-27(30)47)10-6-5-9-17-45(2)16-8-4-3-7-15-31(36,37)32(38,39)33(40,41)34(42,43)44/h11-12,19,21,25-29,46-47H,3-10,13-18,20H2,1-2H3/t21-,25+,26+,27?,28+,29+,30+/m1/s1. The predicted molar refractivity (Wildman–Crippen MR) is 158 cm³/mol. The third kappa shape index (κ3) is 7.55. The van der Waals surface area contributed by atoms with E-state index in [1.807, 2.05) is 24.9 Å². The van der Waals surface area contributed by atoms with E-state index in [0.717, 1.165) is 56.2 Å². The van der Waals surface area contributed by atoms with Gasteiger partial charge in [0.05, 0.1) is 6.10 Å². The first-order valence-electron chi connectivity index (χ1n) is 16.8. The van der Waals surface area contributed by atoms with Crippen molar-refractivity contribution in [3.8, 4) is 5.75 Å². The van der Waals surface area contributed by atoms with E-state index < -0.39 is 54.5 Å². The van der Waals surface area contributed by atoms with Crippen molar-refractivity contribution < 1.29 is 54.1 Å². The summed E-state index contributed by atoms with van der Waals surface area (Å²) in [6.45, 7) is 3.35. The first-order valence-corrected chi connectivity index (χ1v) is 16.8. The molecule has 4 rings (SSSR count). The average Bonchev–Trinajstić information content (AvgIpc) is 3.26. The van der Waals surface area contributed by atoms with Crippen LogP contribution in [0, 0.1) is 23.2 Å². The summed E-state index contributed by atoms with van der Waals surface area (Å²) in [5.74, 6) is -18.4. The van der Waals surface area contributed by atoms with Crippen molar-refractivity contribution in [3.05, 3.63) is 29.3 Å². The predicted octanol–water partition coefficient (Wildman–Crippen LogP) is 9.69. The van der Waals surface area contributed by atoms with Crippen LogP contribution in [0.25, 0.3) is 0 Å². The van der Waals surface area contributed by atoms with Crippen molar-refractivity contribution in [2.75, 3.05) is 20.1 Å². The summed E-state index contributed by atoms with van der Waals surface area (Å²) in [5.41, 5.74) is 1.54. The molecule has 2 saturated carbocycles. The molecule has 1 aromatic rings. The van der Waals surface area contributed by atoms with Crippen LogP contribution in [0.5, 0.6) is 5.75 Å². The summed E-state index contributed by atoms with van der Waals surface area (Å²) < 4.78 is 133. The Morgan fingerprint density at radius 2 is 1.47 bits per heavy atom. The molecule has 2 N–H and O–H groups in total. The summed E-state index contributed by atoms with van der Waals surface area (Å²) in [5, 5.41) is 20.9. The number of phenols is 1. The number of aromatic hydroxyl groups is 1. The molecule has 0 radical (unpaired) electrons. The lowest BCUT2D eigenvalue weighted by atomic mass is 9.51. The molecule has 0 amide bonds. The third-order valence-corrected chi connectivity index (χ3v) is 11.4. The lowest BCUT2D eigenvalue weighted by Crippen LogP contribution is -2.60. The maximum Gasteiger partial charge on any atom is 0.460 e. The minimum Gasteiger partial charge on any atom is -0.508 e. The van der Waals surface area contributed by atoms with Gasteiger partial charge in [0.1, 0.15) is 11.9 Å². The van der Waals surface area contributed by atoms with Crippen molar-refractivity contribution in [1.29, 1.82) is 0 Å². The normalized spacial score (nSPS) is 29.9. The third-order valence-electron chi connectivity index (χ3n) is 11.4. The molecule has 7 atom stereocenters. The van der Waals surface area contributed by atoms with Gasteiger partial charge in [0.25, 0.3) is 0 Å². The Morgan fingerprint density at radius 3 is 2.11 bits per heavy atom. The highest BCUT2D eigenvalue weighted by molar-refractivity contribution is 5.41. The minimum atomic E-state index is -6.84. The van der Waals surface area contributed by atoms with Gasteiger partial charge in [-0.2, -0.15) is 39.5 Å². The van der Waals surface area contributed by atoms with E-state index in [2.05, 4.69) is 0 Å². The number of aliphatic hydroxyl groups is 1. The fourth-order valence-corrected chi connectivity index (χ4v) is 8.76. The fraction of sp³-hybridized carbons (Fsp3) is 0.824. The highest BCUT2D eigenvalue weighted by Gasteiger charge is 2.81. The van der Waals surface area contributed by atoms with Gasteiger partial charge in [0.2, 0.25) is 0 Å². The minimum absolute atomic E-state index is 0.0155. The zero-order chi connectivity index (χ0) is 35.0. The number of aliphatic hydroxyl groups excluding tert-OH is 1. The van der Waals surface area contributed by atoms with E-state index in [1.165, 1.54) is 0 Å². The molecule has 0 spiro atoms. The molecule has 0 aliphatic heterocycles. The zero-order valence-corrected chi connectivity index (χ0v) is 26.9. The Hall–Kier alpha value is -1.76. The van der Waals surface area contributed by atoms with Gasteiger partial charge in [0, 0.05) is 12.3 Å². The number of phenolic OH excluding ortho intramolecular Hbond substituents is 1. The molecule has 0 aromatic heterocycles. The van der Waals surface area contributed by atoms with Crippen LogP contribution in [0.2, 0.25) is 0 Å². The van der Waals surface area contributed by atoms with E-state index in [4.69, 9.17) is 0 Å². The number of benzene rings is 1. The van der Waals surface area contributed by atoms with Crippen molar-refractivity contribution >= 4 is 0 Å². The Bertz CT molecular complexity index is 1190. The molecule has 270 valence electrons. The number of nitrogens with zero attached hydrogens (tertiary/aromatic N) is 1. The fourth-order valence-electron chi connectivity index (χ4n) is 8.76. The SMILES string of the molecule is CN(CCCCCCC(F)(F)C(F)(F)C(F)(F)C(F)(F)F)CCCCC[C@@H]1Cc2cc(O)ccc2[C@@H]2[C@@H]1[C@@H]1CCC(O)[C@@]1(C)C[C@@H]2F. The van der Waals surface area contributed by atoms with Gasteiger partial charge >= 0.3 is 23.9 Å². The number of fused-ring (bicyclic) bond motifs is 5. The quantitative estimate of drug-likeness (QED) is 0.142. The second-order valence-corrected chi connectivity index (χ2v) is 14.5. The first kappa shape index (κ1) is 38.0. The molecule has 47 heavy (non-hydrogen) atoms. The Labute approximate surface area is 270 Å². The van der Waals surface area contributed by atoms with E-state index in [1.54, 1.807) is 12.1 Å². The largest absolute Gasteiger partial charge is 0.508 e. The monoisotopic (exact) mass is 691 g/mol. The number of hydrogen-bond acceptors (Lipinski definition) is 3. The van der Waals surface area contributed by atoms with Gasteiger partial charge in [0.15, 0.2) is 0 Å². The number of halogens is 10. The first-order chi connectivity index (χ1) is 21.7. The van der Waals surface area contributed by atoms with Gasteiger partial charge < -0.3 is 15.1 Å². The van der Waals surface area contributed by atoms with Crippen LogP contribution in [-0.4, -0.2) is 71.5 Å². The van der Waals surface area contributed by atoms with Crippen LogP contribution in [0.15, 0.2) is 18.2 Å². The number of unbranched alkanes of at least 4 members (excludes halogenated alkanes) is 5. The molecule has 13 heteroatoms. The van der Waals surface area contributed by atoms with Crippen molar-refractivity contribution in [3.63, 3.8) is 0 Å². The van der Waals surface area contributed by atoms with E-state index in [9.17, 15) is 49.7 Å². The maximum absolute atomic E-state index is 15.9. The summed E-state index contributed by atoms with van der Waals surface area (Å²) in [4.78, 5) is 2.03. The molecular formula is C34H47F10NO2. The van der Waals surface area contributed by atoms with Gasteiger partial charge in [-0.15, -0.1) is 0 Å². The lowest BCUT2D eigenvalue weighted by Gasteiger charge is -2.54. The molecule has 0 heterocycles. The maximum atomic E-state index is 15.9. The molecule has 3 aliphatic rings. The molecule has 3 nitrogen and oxygen atoms in total.